The van der Waals surface area contributed by atoms with Crippen molar-refractivity contribution < 1.29 is 9.53 Å². The molecule has 1 aliphatic rings. The van der Waals surface area contributed by atoms with E-state index < -0.39 is 0 Å². The number of methoxy groups -OCH3 is 1. The van der Waals surface area contributed by atoms with Crippen molar-refractivity contribution in [3.8, 4) is 17.0 Å². The van der Waals surface area contributed by atoms with E-state index in [1.165, 1.54) is 5.56 Å². The van der Waals surface area contributed by atoms with E-state index in [0.29, 0.717) is 12.1 Å². The molecule has 2 heterocycles. The number of amides is 1. The molecule has 0 fully saturated rings. The highest BCUT2D eigenvalue weighted by atomic mass is 79.9. The highest BCUT2D eigenvalue weighted by molar-refractivity contribution is 9.10. The number of para-hydroxylation sites is 1. The van der Waals surface area contributed by atoms with Gasteiger partial charge in [0.05, 0.1) is 23.9 Å². The van der Waals surface area contributed by atoms with Crippen molar-refractivity contribution in [3.05, 3.63) is 88.4 Å². The molecule has 4 aromatic rings. The zero-order valence-electron chi connectivity index (χ0n) is 16.4. The topological polar surface area (TPSA) is 42.4 Å². The van der Waals surface area contributed by atoms with Gasteiger partial charge in [-0.25, -0.2) is 4.98 Å². The van der Waals surface area contributed by atoms with Crippen LogP contribution < -0.4 is 9.64 Å². The van der Waals surface area contributed by atoms with E-state index in [1.807, 2.05) is 71.6 Å². The van der Waals surface area contributed by atoms with E-state index in [9.17, 15) is 4.79 Å². The van der Waals surface area contributed by atoms with Crippen LogP contribution in [0, 0.1) is 0 Å². The predicted molar refractivity (Wildman–Crippen MR) is 123 cm³/mol. The van der Waals surface area contributed by atoms with E-state index in [-0.39, 0.29) is 5.91 Å². The Morgan fingerprint density at radius 3 is 2.77 bits per heavy atom. The molecule has 0 atom stereocenters. The maximum Gasteiger partial charge on any atom is 0.259 e. The third-order valence-corrected chi connectivity index (χ3v) is 5.99. The fourth-order valence-electron chi connectivity index (χ4n) is 4.00. The lowest BCUT2D eigenvalue weighted by Crippen LogP contribution is -2.29. The lowest BCUT2D eigenvalue weighted by molar-refractivity contribution is 0.0991. The van der Waals surface area contributed by atoms with Crippen LogP contribution in [0.1, 0.15) is 15.9 Å². The Kier molecular flexibility index (Phi) is 4.75. The van der Waals surface area contributed by atoms with Gasteiger partial charge in [0.25, 0.3) is 5.91 Å². The van der Waals surface area contributed by atoms with Crippen molar-refractivity contribution in [1.82, 2.24) is 4.98 Å². The molecule has 30 heavy (non-hydrogen) atoms. The first-order chi connectivity index (χ1) is 14.6. The number of carbonyl (C=O) groups is 1. The molecule has 0 aliphatic carbocycles. The van der Waals surface area contributed by atoms with Crippen molar-refractivity contribution in [2.24, 2.45) is 0 Å². The molecule has 0 saturated carbocycles. The standard InChI is InChI=1S/C25H19BrN2O2/c1-30-19-7-4-6-17(13-19)23-15-21(20-14-18(26)9-10-22(20)27-23)25(29)28-12-11-16-5-2-3-8-24(16)28/h2-10,13-15H,11-12H2,1H3. The zero-order chi connectivity index (χ0) is 20.7. The number of aromatic nitrogens is 1. The maximum absolute atomic E-state index is 13.7. The second-order valence-corrected chi connectivity index (χ2v) is 8.20. The molecule has 1 amide bonds. The molecule has 1 aromatic heterocycles. The van der Waals surface area contributed by atoms with Gasteiger partial charge in [-0.15, -0.1) is 0 Å². The predicted octanol–water partition coefficient (Wildman–Crippen LogP) is 5.88. The minimum Gasteiger partial charge on any atom is -0.497 e. The Balaban J connectivity index is 1.68. The summed E-state index contributed by atoms with van der Waals surface area (Å²) in [6, 6.07) is 23.6. The molecule has 0 radical (unpaired) electrons. The van der Waals surface area contributed by atoms with Crippen LogP contribution in [0.15, 0.2) is 77.3 Å². The van der Waals surface area contributed by atoms with E-state index in [2.05, 4.69) is 22.0 Å². The fourth-order valence-corrected chi connectivity index (χ4v) is 4.36. The van der Waals surface area contributed by atoms with Crippen molar-refractivity contribution in [1.29, 1.82) is 0 Å². The molecule has 148 valence electrons. The van der Waals surface area contributed by atoms with E-state index in [1.54, 1.807) is 7.11 Å². The summed E-state index contributed by atoms with van der Waals surface area (Å²) in [5, 5.41) is 0.838. The van der Waals surface area contributed by atoms with Crippen LogP contribution >= 0.6 is 15.9 Å². The Hall–Kier alpha value is -3.18. The SMILES string of the molecule is COc1cccc(-c2cc(C(=O)N3CCc4ccccc43)c3cc(Br)ccc3n2)c1. The number of benzene rings is 3. The second kappa shape index (κ2) is 7.58. The molecule has 3 aromatic carbocycles. The van der Waals surface area contributed by atoms with Gasteiger partial charge < -0.3 is 9.64 Å². The summed E-state index contributed by atoms with van der Waals surface area (Å²) >= 11 is 3.54. The van der Waals surface area contributed by atoms with Gasteiger partial charge in [0.15, 0.2) is 0 Å². The summed E-state index contributed by atoms with van der Waals surface area (Å²) in [5.74, 6) is 0.751. The molecule has 5 heteroatoms. The lowest BCUT2D eigenvalue weighted by atomic mass is 10.0. The lowest BCUT2D eigenvalue weighted by Gasteiger charge is -2.19. The van der Waals surface area contributed by atoms with Crippen LogP contribution in [-0.4, -0.2) is 24.5 Å². The number of nitrogens with zero attached hydrogens (tertiary/aromatic N) is 2. The van der Waals surface area contributed by atoms with E-state index in [4.69, 9.17) is 9.72 Å². The molecular weight excluding hydrogens is 440 g/mol. The highest BCUT2D eigenvalue weighted by Crippen LogP contribution is 2.33. The molecule has 0 N–H and O–H groups in total. The Morgan fingerprint density at radius 2 is 1.90 bits per heavy atom. The maximum atomic E-state index is 13.7. The third-order valence-electron chi connectivity index (χ3n) is 5.50. The highest BCUT2D eigenvalue weighted by Gasteiger charge is 2.27. The molecule has 0 saturated heterocycles. The number of rotatable bonds is 3. The quantitative estimate of drug-likeness (QED) is 0.385. The van der Waals surface area contributed by atoms with Crippen LogP contribution in [0.2, 0.25) is 0 Å². The second-order valence-electron chi connectivity index (χ2n) is 7.28. The van der Waals surface area contributed by atoms with Gasteiger partial charge in [-0.3, -0.25) is 4.79 Å². The Morgan fingerprint density at radius 1 is 1.03 bits per heavy atom. The Labute approximate surface area is 183 Å². The van der Waals surface area contributed by atoms with Crippen LogP contribution in [-0.2, 0) is 6.42 Å². The first-order valence-electron chi connectivity index (χ1n) is 9.78. The van der Waals surface area contributed by atoms with Crippen LogP contribution in [0.5, 0.6) is 5.75 Å². The van der Waals surface area contributed by atoms with Gasteiger partial charge in [0.2, 0.25) is 0 Å². The fraction of sp³-hybridized carbons (Fsp3) is 0.120. The van der Waals surface area contributed by atoms with Crippen LogP contribution in [0.4, 0.5) is 5.69 Å². The molecule has 0 unspecified atom stereocenters. The smallest absolute Gasteiger partial charge is 0.259 e. The number of ether oxygens (including phenoxy) is 1. The number of anilines is 1. The van der Waals surface area contributed by atoms with E-state index >= 15 is 0 Å². The summed E-state index contributed by atoms with van der Waals surface area (Å²) in [4.78, 5) is 20.4. The van der Waals surface area contributed by atoms with Gasteiger partial charge in [-0.05, 0) is 54.4 Å². The summed E-state index contributed by atoms with van der Waals surface area (Å²) < 4.78 is 6.29. The number of pyridine rings is 1. The van der Waals surface area contributed by atoms with Gasteiger partial charge in [0.1, 0.15) is 5.75 Å². The summed E-state index contributed by atoms with van der Waals surface area (Å²) in [7, 11) is 1.64. The normalized spacial score (nSPS) is 12.8. The molecule has 5 rings (SSSR count). The van der Waals surface area contributed by atoms with Gasteiger partial charge in [-0.1, -0.05) is 46.3 Å². The monoisotopic (exact) mass is 458 g/mol. The number of fused-ring (bicyclic) bond motifs is 2. The van der Waals surface area contributed by atoms with Crippen molar-refractivity contribution in [2.75, 3.05) is 18.6 Å². The number of hydrogen-bond acceptors (Lipinski definition) is 3. The molecule has 0 bridgehead atoms. The first kappa shape index (κ1) is 18.8. The van der Waals surface area contributed by atoms with Crippen LogP contribution in [0.3, 0.4) is 0 Å². The average Bonchev–Trinajstić information content (AvgIpc) is 3.22. The average molecular weight is 459 g/mol. The van der Waals surface area contributed by atoms with Gasteiger partial charge in [0, 0.05) is 27.7 Å². The van der Waals surface area contributed by atoms with Gasteiger partial charge >= 0.3 is 0 Å². The Bertz CT molecular complexity index is 1290. The summed E-state index contributed by atoms with van der Waals surface area (Å²) in [6.45, 7) is 0.685. The minimum absolute atomic E-state index is 0.00500. The van der Waals surface area contributed by atoms with E-state index in [0.717, 1.165) is 44.5 Å². The molecule has 1 aliphatic heterocycles. The number of carbonyl (C=O) groups excluding carboxylic acids is 1. The van der Waals surface area contributed by atoms with Crippen molar-refractivity contribution in [2.45, 2.75) is 6.42 Å². The number of halogens is 1. The third kappa shape index (κ3) is 3.25. The number of hydrogen-bond donors (Lipinski definition) is 0. The summed E-state index contributed by atoms with van der Waals surface area (Å²) in [5.41, 5.74) is 5.29. The molecular formula is C25H19BrN2O2. The van der Waals surface area contributed by atoms with Gasteiger partial charge in [-0.2, -0.15) is 0 Å². The molecule has 0 spiro atoms. The molecule has 4 nitrogen and oxygen atoms in total. The van der Waals surface area contributed by atoms with Crippen molar-refractivity contribution in [3.63, 3.8) is 0 Å². The largest absolute Gasteiger partial charge is 0.497 e. The van der Waals surface area contributed by atoms with Crippen molar-refractivity contribution >= 4 is 38.4 Å². The zero-order valence-corrected chi connectivity index (χ0v) is 18.0. The minimum atomic E-state index is -0.00500. The summed E-state index contributed by atoms with van der Waals surface area (Å²) in [6.07, 6.45) is 0.872. The van der Waals surface area contributed by atoms with Crippen LogP contribution in [0.25, 0.3) is 22.2 Å². The first-order valence-corrected chi connectivity index (χ1v) is 10.6.